The van der Waals surface area contributed by atoms with Crippen molar-refractivity contribution in [2.45, 2.75) is 84.3 Å². The first kappa shape index (κ1) is 38.2. The number of ether oxygens (including phenoxy) is 3. The van der Waals surface area contributed by atoms with Gasteiger partial charge < -0.3 is 34.9 Å². The molecule has 3 aromatic rings. The number of aliphatic hydroxyl groups is 1. The Kier molecular flexibility index (Phi) is 10.2. The number of methoxy groups -OCH3 is 1. The summed E-state index contributed by atoms with van der Waals surface area (Å²) in [5, 5.41) is 21.0. The number of thiophene rings is 1. The fourth-order valence-corrected chi connectivity index (χ4v) is 10.6. The van der Waals surface area contributed by atoms with Gasteiger partial charge in [0.05, 0.1) is 41.8 Å². The summed E-state index contributed by atoms with van der Waals surface area (Å²) >= 11 is 0.943. The molecule has 4 aliphatic heterocycles. The van der Waals surface area contributed by atoms with Crippen LogP contribution in [0.1, 0.15) is 85.6 Å². The van der Waals surface area contributed by atoms with E-state index in [1.807, 2.05) is 6.92 Å². The van der Waals surface area contributed by atoms with Crippen molar-refractivity contribution in [2.24, 2.45) is 10.8 Å². The van der Waals surface area contributed by atoms with Crippen LogP contribution in [0.4, 0.5) is 19.6 Å². The molecule has 8 rings (SSSR count). The minimum atomic E-state index is -0.643. The number of nitrogen functional groups attached to an aromatic ring is 1. The van der Waals surface area contributed by atoms with Gasteiger partial charge in [-0.3, -0.25) is 4.90 Å². The second kappa shape index (κ2) is 14.7. The highest BCUT2D eigenvalue weighted by Gasteiger charge is 2.49. The predicted molar refractivity (Wildman–Crippen MR) is 210 cm³/mol. The van der Waals surface area contributed by atoms with Gasteiger partial charge >= 0.3 is 6.01 Å². The van der Waals surface area contributed by atoms with E-state index in [-0.39, 0.29) is 79.8 Å². The highest BCUT2D eigenvalue weighted by molar-refractivity contribution is 7.17. The lowest BCUT2D eigenvalue weighted by Gasteiger charge is -2.49. The number of piperazine rings is 1. The number of β-amino-alcohol motifs (C(OH)–C–C–N with tert-alkyl or cyclic N) is 1. The highest BCUT2D eigenvalue weighted by atomic mass is 32.1. The van der Waals surface area contributed by atoms with Gasteiger partial charge in [0.15, 0.2) is 5.82 Å². The van der Waals surface area contributed by atoms with Gasteiger partial charge in [-0.25, -0.2) is 8.78 Å². The number of benzene rings is 1. The number of hydrogen-bond acceptors (Lipinski definition) is 12. The SMILES string of the molecule is C=C(c1c(/C(F)=C\C)sc(N)c1C#N)c1c2c(c3c(N4C5CCC4CN(CC(C)O)C5)nc(OCC4(CN5CC(C)(CCOC)C5)CC4)nc3c1F)COC2. The Morgan fingerprint density at radius 1 is 1.18 bits per heavy atom. The van der Waals surface area contributed by atoms with Crippen molar-refractivity contribution in [3.8, 4) is 12.1 Å². The average Bonchev–Trinajstić information content (AvgIpc) is 3.43. The van der Waals surface area contributed by atoms with Gasteiger partial charge in [0, 0.05) is 81.6 Å². The van der Waals surface area contributed by atoms with E-state index in [1.165, 1.54) is 6.08 Å². The van der Waals surface area contributed by atoms with Gasteiger partial charge in [-0.15, -0.1) is 11.3 Å². The van der Waals surface area contributed by atoms with Crippen LogP contribution in [0.25, 0.3) is 22.3 Å². The minimum Gasteiger partial charge on any atom is -0.463 e. The molecule has 2 aromatic heterocycles. The largest absolute Gasteiger partial charge is 0.463 e. The Hall–Kier alpha value is -3.71. The van der Waals surface area contributed by atoms with E-state index in [0.29, 0.717) is 29.9 Å². The average molecular weight is 776 g/mol. The molecule has 3 N–H and O–H groups in total. The number of fused-ring (bicyclic) bond motifs is 5. The van der Waals surface area contributed by atoms with E-state index < -0.39 is 17.7 Å². The first-order chi connectivity index (χ1) is 26.4. The number of hydrogen-bond donors (Lipinski definition) is 2. The topological polar surface area (TPSA) is 133 Å². The molecule has 0 spiro atoms. The van der Waals surface area contributed by atoms with Crippen LogP contribution in [-0.2, 0) is 22.7 Å². The molecule has 55 heavy (non-hydrogen) atoms. The number of rotatable bonds is 14. The number of nitriles is 1. The van der Waals surface area contributed by atoms with Crippen LogP contribution in [0.5, 0.6) is 6.01 Å². The number of nitrogens with two attached hydrogens (primary N) is 1. The van der Waals surface area contributed by atoms with Crippen molar-refractivity contribution in [3.63, 3.8) is 0 Å². The summed E-state index contributed by atoms with van der Waals surface area (Å²) in [7, 11) is 1.75. The monoisotopic (exact) mass is 775 g/mol. The molecule has 0 amide bonds. The lowest BCUT2D eigenvalue weighted by Crippen LogP contribution is -2.56. The van der Waals surface area contributed by atoms with E-state index in [1.54, 1.807) is 14.0 Å². The number of nitrogens with zero attached hydrogens (tertiary/aromatic N) is 6. The van der Waals surface area contributed by atoms with E-state index in [0.717, 1.165) is 88.3 Å². The Labute approximate surface area is 325 Å². The molecule has 2 bridgehead atoms. The van der Waals surface area contributed by atoms with Crippen molar-refractivity contribution in [3.05, 3.63) is 51.2 Å². The summed E-state index contributed by atoms with van der Waals surface area (Å²) in [5.74, 6) is -0.585. The smallest absolute Gasteiger partial charge is 0.319 e. The Balaban J connectivity index is 1.20. The van der Waals surface area contributed by atoms with Gasteiger partial charge in [0.1, 0.15) is 28.2 Å². The Bertz CT molecular complexity index is 2070. The third-order valence-corrected chi connectivity index (χ3v) is 13.4. The zero-order valence-corrected chi connectivity index (χ0v) is 33.0. The van der Waals surface area contributed by atoms with Gasteiger partial charge in [-0.1, -0.05) is 19.6 Å². The van der Waals surface area contributed by atoms with Crippen LogP contribution in [-0.4, -0.2) is 103 Å². The maximum atomic E-state index is 17.6. The minimum absolute atomic E-state index is 0.0175. The van der Waals surface area contributed by atoms with Crippen LogP contribution in [0.15, 0.2) is 12.7 Å². The first-order valence-electron chi connectivity index (χ1n) is 19.4. The molecule has 3 saturated heterocycles. The lowest BCUT2D eigenvalue weighted by atomic mass is 9.78. The number of anilines is 2. The molecule has 294 valence electrons. The molecule has 4 fully saturated rings. The third-order valence-electron chi connectivity index (χ3n) is 12.3. The van der Waals surface area contributed by atoms with Gasteiger partial charge in [0.2, 0.25) is 0 Å². The van der Waals surface area contributed by atoms with E-state index in [9.17, 15) is 10.4 Å². The van der Waals surface area contributed by atoms with Crippen LogP contribution >= 0.6 is 11.3 Å². The standard InChI is InChI=1S/C41H51F2N7O4S/c1-6-30(42)36-32(27(13-44)37(45)55-36)24(3)31-28-17-53-18-29(28)33-35(34(31)43)46-39(47-38(33)50-25-7-8-26(50)16-48(15-25)14-23(2)51)54-22-41(9-10-41)21-49-19-40(4,20-49)11-12-52-5/h6,23,25-26,51H,3,7-12,14-22,45H2,1-2,4-5H3/b30-6+. The molecule has 11 nitrogen and oxygen atoms in total. The van der Waals surface area contributed by atoms with Crippen LogP contribution in [0.3, 0.4) is 0 Å². The van der Waals surface area contributed by atoms with Crippen LogP contribution in [0.2, 0.25) is 0 Å². The van der Waals surface area contributed by atoms with Crippen molar-refractivity contribution in [1.82, 2.24) is 19.8 Å². The van der Waals surface area contributed by atoms with Gasteiger partial charge in [-0.2, -0.15) is 15.2 Å². The van der Waals surface area contributed by atoms with Crippen LogP contribution < -0.4 is 15.4 Å². The molecule has 6 heterocycles. The number of aliphatic hydroxyl groups excluding tert-OH is 1. The number of allylic oxidation sites excluding steroid dienone is 1. The van der Waals surface area contributed by atoms with Crippen molar-refractivity contribution in [1.29, 1.82) is 5.26 Å². The van der Waals surface area contributed by atoms with E-state index >= 15 is 8.78 Å². The summed E-state index contributed by atoms with van der Waals surface area (Å²) in [6, 6.07) is 2.42. The summed E-state index contributed by atoms with van der Waals surface area (Å²) in [5.41, 5.74) is 8.39. The lowest BCUT2D eigenvalue weighted by molar-refractivity contribution is -0.0248. The Morgan fingerprint density at radius 3 is 2.53 bits per heavy atom. The molecule has 1 saturated carbocycles. The van der Waals surface area contributed by atoms with Crippen molar-refractivity contribution >= 4 is 44.5 Å². The second-order valence-corrected chi connectivity index (χ2v) is 17.9. The molecular weight excluding hydrogens is 725 g/mol. The van der Waals surface area contributed by atoms with Gasteiger partial charge in [-0.05, 0) is 68.1 Å². The normalized spacial score (nSPS) is 23.5. The zero-order chi connectivity index (χ0) is 38.8. The quantitative estimate of drug-likeness (QED) is 0.192. The first-order valence-corrected chi connectivity index (χ1v) is 20.2. The molecule has 3 unspecified atom stereocenters. The van der Waals surface area contributed by atoms with Crippen molar-refractivity contribution < 1.29 is 28.1 Å². The van der Waals surface area contributed by atoms with Gasteiger partial charge in [0.25, 0.3) is 0 Å². The third kappa shape index (κ3) is 6.91. The molecule has 0 radical (unpaired) electrons. The van der Waals surface area contributed by atoms with E-state index in [2.05, 4.69) is 34.3 Å². The second-order valence-electron chi connectivity index (χ2n) is 16.8. The fourth-order valence-electron chi connectivity index (χ4n) is 9.56. The summed E-state index contributed by atoms with van der Waals surface area (Å²) in [6.07, 6.45) is 5.83. The maximum Gasteiger partial charge on any atom is 0.319 e. The zero-order valence-electron chi connectivity index (χ0n) is 32.2. The number of likely N-dealkylation sites (tertiary alicyclic amines) is 2. The van der Waals surface area contributed by atoms with Crippen molar-refractivity contribution in [2.75, 3.05) is 70.2 Å². The van der Waals surface area contributed by atoms with Crippen LogP contribution in [0, 0.1) is 28.0 Å². The Morgan fingerprint density at radius 2 is 1.89 bits per heavy atom. The number of halogens is 2. The highest BCUT2D eigenvalue weighted by Crippen LogP contribution is 2.50. The summed E-state index contributed by atoms with van der Waals surface area (Å²) < 4.78 is 50.8. The summed E-state index contributed by atoms with van der Waals surface area (Å²) in [4.78, 5) is 17.2. The fraction of sp³-hybridized carbons (Fsp3) is 0.585. The molecular formula is C41H51F2N7O4S. The maximum absolute atomic E-state index is 17.6. The number of aromatic nitrogens is 2. The summed E-state index contributed by atoms with van der Waals surface area (Å²) in [6.45, 7) is 16.5. The molecule has 1 aromatic carbocycles. The molecule has 5 aliphatic rings. The van der Waals surface area contributed by atoms with E-state index in [4.69, 9.17) is 29.9 Å². The molecule has 14 heteroatoms. The molecule has 3 atom stereocenters. The molecule has 1 aliphatic carbocycles. The predicted octanol–water partition coefficient (Wildman–Crippen LogP) is 6.26.